The van der Waals surface area contributed by atoms with Gasteiger partial charge in [0.05, 0.1) is 13.2 Å². The molecule has 1 unspecified atom stereocenters. The molecule has 4 aliphatic heterocycles. The molecule has 8 heteroatoms. The van der Waals surface area contributed by atoms with E-state index in [9.17, 15) is 14.4 Å². The third-order valence-corrected chi connectivity index (χ3v) is 8.19. The van der Waals surface area contributed by atoms with Crippen molar-refractivity contribution in [3.63, 3.8) is 0 Å². The normalized spacial score (nSPS) is 31.1. The molecule has 176 valence electrons. The van der Waals surface area contributed by atoms with E-state index < -0.39 is 6.04 Å². The molecule has 0 spiro atoms. The van der Waals surface area contributed by atoms with Crippen molar-refractivity contribution in [3.05, 3.63) is 29.3 Å². The number of hydrogen-bond donors (Lipinski definition) is 1. The third-order valence-electron chi connectivity index (χ3n) is 8.19. The summed E-state index contributed by atoms with van der Waals surface area (Å²) in [6, 6.07) is 5.55. The average Bonchev–Trinajstić information content (AvgIpc) is 3.05. The lowest BCUT2D eigenvalue weighted by Crippen LogP contribution is -2.61. The van der Waals surface area contributed by atoms with Gasteiger partial charge in [-0.2, -0.15) is 0 Å². The van der Waals surface area contributed by atoms with Crippen LogP contribution in [0.1, 0.15) is 54.4 Å². The molecule has 1 aromatic carbocycles. The molecule has 6 rings (SSSR count). The van der Waals surface area contributed by atoms with Crippen LogP contribution in [0.15, 0.2) is 18.2 Å². The van der Waals surface area contributed by atoms with Crippen LogP contribution in [0.25, 0.3) is 0 Å². The lowest BCUT2D eigenvalue weighted by atomic mass is 9.80. The second-order valence-corrected chi connectivity index (χ2v) is 10.2. The summed E-state index contributed by atoms with van der Waals surface area (Å²) in [7, 11) is 0. The zero-order chi connectivity index (χ0) is 22.5. The molecule has 1 aromatic rings. The fourth-order valence-electron chi connectivity index (χ4n) is 6.08. The van der Waals surface area contributed by atoms with Crippen LogP contribution in [0.4, 0.5) is 0 Å². The van der Waals surface area contributed by atoms with Crippen LogP contribution in [-0.2, 0) is 20.9 Å². The first-order valence-corrected chi connectivity index (χ1v) is 12.3. The molecule has 0 aromatic heterocycles. The van der Waals surface area contributed by atoms with Crippen LogP contribution in [-0.4, -0.2) is 72.0 Å². The molecule has 1 aliphatic carbocycles. The second kappa shape index (κ2) is 8.40. The molecule has 33 heavy (non-hydrogen) atoms. The monoisotopic (exact) mass is 453 g/mol. The minimum atomic E-state index is -0.588. The van der Waals surface area contributed by atoms with Crippen molar-refractivity contribution < 1.29 is 23.9 Å². The number of hydrogen-bond acceptors (Lipinski definition) is 6. The van der Waals surface area contributed by atoms with Gasteiger partial charge in [0, 0.05) is 43.6 Å². The van der Waals surface area contributed by atoms with Gasteiger partial charge in [-0.25, -0.2) is 0 Å². The number of benzene rings is 1. The van der Waals surface area contributed by atoms with Gasteiger partial charge in [0.15, 0.2) is 0 Å². The summed E-state index contributed by atoms with van der Waals surface area (Å²) >= 11 is 0. The summed E-state index contributed by atoms with van der Waals surface area (Å²) in [6.07, 6.45) is 5.46. The molecular formula is C25H31N3O5. The van der Waals surface area contributed by atoms with E-state index in [0.717, 1.165) is 55.9 Å². The number of piperidine rings is 1. The van der Waals surface area contributed by atoms with Gasteiger partial charge in [-0.05, 0) is 55.4 Å². The second-order valence-electron chi connectivity index (χ2n) is 10.2. The SMILES string of the molecule is O=C1CCC(N2Cc3cc(O[C@@H]4CCCC[C@@H]4N4CC(C5COC5)C4)ccc3C2=O)C(=O)N1. The van der Waals surface area contributed by atoms with Crippen molar-refractivity contribution in [2.45, 2.75) is 63.3 Å². The Bertz CT molecular complexity index is 971. The summed E-state index contributed by atoms with van der Waals surface area (Å²) in [5, 5.41) is 2.35. The molecule has 1 saturated carbocycles. The lowest BCUT2D eigenvalue weighted by molar-refractivity contribution is -0.136. The first-order valence-electron chi connectivity index (χ1n) is 12.3. The van der Waals surface area contributed by atoms with Gasteiger partial charge in [-0.1, -0.05) is 6.42 Å². The average molecular weight is 454 g/mol. The molecule has 8 nitrogen and oxygen atoms in total. The lowest BCUT2D eigenvalue weighted by Gasteiger charge is -2.52. The topological polar surface area (TPSA) is 88.2 Å². The molecule has 4 heterocycles. The highest BCUT2D eigenvalue weighted by Gasteiger charge is 2.43. The first kappa shape index (κ1) is 21.1. The number of amides is 3. The number of carbonyl (C=O) groups excluding carboxylic acids is 3. The Kier molecular flexibility index (Phi) is 5.37. The Morgan fingerprint density at radius 3 is 2.58 bits per heavy atom. The van der Waals surface area contributed by atoms with E-state index in [1.165, 1.54) is 19.3 Å². The van der Waals surface area contributed by atoms with Gasteiger partial charge >= 0.3 is 0 Å². The number of ether oxygens (including phenoxy) is 2. The van der Waals surface area contributed by atoms with Crippen LogP contribution in [0.2, 0.25) is 0 Å². The van der Waals surface area contributed by atoms with Crippen LogP contribution < -0.4 is 10.1 Å². The summed E-state index contributed by atoms with van der Waals surface area (Å²) in [5.74, 6) is 1.51. The Morgan fingerprint density at radius 2 is 1.82 bits per heavy atom. The van der Waals surface area contributed by atoms with Crippen molar-refractivity contribution in [2.24, 2.45) is 11.8 Å². The van der Waals surface area contributed by atoms with E-state index in [0.29, 0.717) is 24.6 Å². The minimum Gasteiger partial charge on any atom is -0.489 e. The Labute approximate surface area is 193 Å². The Hall–Kier alpha value is -2.45. The predicted molar refractivity (Wildman–Crippen MR) is 119 cm³/mol. The summed E-state index contributed by atoms with van der Waals surface area (Å²) in [6.45, 7) is 4.53. The third kappa shape index (κ3) is 3.83. The van der Waals surface area contributed by atoms with Gasteiger partial charge in [0.1, 0.15) is 17.9 Å². The van der Waals surface area contributed by atoms with E-state index in [1.807, 2.05) is 18.2 Å². The maximum Gasteiger partial charge on any atom is 0.255 e. The number of carbonyl (C=O) groups is 3. The van der Waals surface area contributed by atoms with Crippen LogP contribution in [0, 0.1) is 11.8 Å². The molecule has 3 atom stereocenters. The van der Waals surface area contributed by atoms with Crippen molar-refractivity contribution in [2.75, 3.05) is 26.3 Å². The first-order chi connectivity index (χ1) is 16.1. The number of likely N-dealkylation sites (tertiary alicyclic amines) is 1. The molecule has 1 N–H and O–H groups in total. The molecule has 0 bridgehead atoms. The highest BCUT2D eigenvalue weighted by Crippen LogP contribution is 2.37. The zero-order valence-electron chi connectivity index (χ0n) is 18.8. The number of imide groups is 1. The quantitative estimate of drug-likeness (QED) is 0.683. The van der Waals surface area contributed by atoms with E-state index in [1.54, 1.807) is 4.90 Å². The maximum atomic E-state index is 12.9. The van der Waals surface area contributed by atoms with Crippen LogP contribution in [0.5, 0.6) is 5.75 Å². The summed E-state index contributed by atoms with van der Waals surface area (Å²) in [5.41, 5.74) is 1.52. The largest absolute Gasteiger partial charge is 0.489 e. The summed E-state index contributed by atoms with van der Waals surface area (Å²) < 4.78 is 11.9. The number of nitrogens with one attached hydrogen (secondary N) is 1. The molecule has 0 radical (unpaired) electrons. The molecule has 3 amide bonds. The molecule has 5 aliphatic rings. The van der Waals surface area contributed by atoms with E-state index >= 15 is 0 Å². The Morgan fingerprint density at radius 1 is 1.00 bits per heavy atom. The van der Waals surface area contributed by atoms with Crippen molar-refractivity contribution in [3.8, 4) is 5.75 Å². The van der Waals surface area contributed by atoms with Crippen molar-refractivity contribution >= 4 is 17.7 Å². The predicted octanol–water partition coefficient (Wildman–Crippen LogP) is 1.72. The highest BCUT2D eigenvalue weighted by molar-refractivity contribution is 6.05. The zero-order valence-corrected chi connectivity index (χ0v) is 18.8. The van der Waals surface area contributed by atoms with E-state index in [4.69, 9.17) is 9.47 Å². The summed E-state index contributed by atoms with van der Waals surface area (Å²) in [4.78, 5) is 40.9. The molecule has 4 fully saturated rings. The highest BCUT2D eigenvalue weighted by atomic mass is 16.5. The number of rotatable bonds is 5. The maximum absolute atomic E-state index is 12.9. The molecular weight excluding hydrogens is 422 g/mol. The van der Waals surface area contributed by atoms with E-state index in [-0.39, 0.29) is 30.2 Å². The van der Waals surface area contributed by atoms with Crippen molar-refractivity contribution in [1.29, 1.82) is 0 Å². The molecule has 3 saturated heterocycles. The fraction of sp³-hybridized carbons (Fsp3) is 0.640. The number of fused-ring (bicyclic) bond motifs is 1. The standard InChI is InChI=1S/C25H31N3O5/c29-23-8-7-21(24(30)26-23)28-12-15-9-18(5-6-19(15)25(28)31)33-22-4-2-1-3-20(22)27-10-16(11-27)17-13-32-14-17/h5-6,9,16-17,20-22H,1-4,7-8,10-14H2,(H,26,29,30)/t20-,21?,22+/m0/s1. The minimum absolute atomic E-state index is 0.145. The van der Waals surface area contributed by atoms with E-state index in [2.05, 4.69) is 10.2 Å². The van der Waals surface area contributed by atoms with Gasteiger partial charge < -0.3 is 14.4 Å². The Balaban J connectivity index is 1.12. The fourth-order valence-corrected chi connectivity index (χ4v) is 6.08. The van der Waals surface area contributed by atoms with Gasteiger partial charge in [-0.3, -0.25) is 24.6 Å². The number of nitrogens with zero attached hydrogens (tertiary/aromatic N) is 2. The van der Waals surface area contributed by atoms with Gasteiger partial charge in [0.2, 0.25) is 11.8 Å². The van der Waals surface area contributed by atoms with Gasteiger partial charge in [-0.15, -0.1) is 0 Å². The van der Waals surface area contributed by atoms with Crippen LogP contribution in [0.3, 0.4) is 0 Å². The van der Waals surface area contributed by atoms with Gasteiger partial charge in [0.25, 0.3) is 5.91 Å². The smallest absolute Gasteiger partial charge is 0.255 e. The van der Waals surface area contributed by atoms with Crippen LogP contribution >= 0.6 is 0 Å². The van der Waals surface area contributed by atoms with Crippen molar-refractivity contribution in [1.82, 2.24) is 15.1 Å².